The van der Waals surface area contributed by atoms with E-state index in [4.69, 9.17) is 19.9 Å². The fourth-order valence-corrected chi connectivity index (χ4v) is 3.81. The molecule has 0 amide bonds. The van der Waals surface area contributed by atoms with Crippen molar-refractivity contribution < 1.29 is 14.6 Å². The molecule has 4 rings (SSSR count). The lowest BCUT2D eigenvalue weighted by Gasteiger charge is -2.37. The molecule has 28 heavy (non-hydrogen) atoms. The minimum atomic E-state index is -1.05. The summed E-state index contributed by atoms with van der Waals surface area (Å²) >= 11 is 0. The van der Waals surface area contributed by atoms with Crippen molar-refractivity contribution in [2.75, 3.05) is 43.2 Å². The lowest BCUT2D eigenvalue weighted by Crippen LogP contribution is -2.44. The highest BCUT2D eigenvalue weighted by molar-refractivity contribution is 5.89. The standard InChI is InChI=1S/C19H26N6O3/c1-13-12-28-9-6-25(13)17-10-15(19(26)3-7-27-8-4-19)14(11-20)18(23-17)22-16-2-5-21-24-16/h2,5,10-11,13,20,26H,3-4,6-9,12H2,1H3,(H2,21,22,23,24)/t13-/m1/s1. The third kappa shape index (κ3) is 3.60. The van der Waals surface area contributed by atoms with E-state index in [-0.39, 0.29) is 6.04 Å². The monoisotopic (exact) mass is 386 g/mol. The van der Waals surface area contributed by atoms with Crippen molar-refractivity contribution in [2.24, 2.45) is 0 Å². The number of nitrogens with zero attached hydrogens (tertiary/aromatic N) is 3. The van der Waals surface area contributed by atoms with Crippen LogP contribution in [-0.2, 0) is 15.1 Å². The van der Waals surface area contributed by atoms with Crippen molar-refractivity contribution in [3.63, 3.8) is 0 Å². The SMILES string of the molecule is C[C@@H]1COCCN1c1cc(C2(O)CCOCC2)c(C=N)c(Nc2ccn[nH]2)n1. The maximum Gasteiger partial charge on any atom is 0.143 e. The van der Waals surface area contributed by atoms with Gasteiger partial charge < -0.3 is 30.2 Å². The van der Waals surface area contributed by atoms with E-state index < -0.39 is 5.60 Å². The Hall–Kier alpha value is -2.49. The normalized spacial score (nSPS) is 22.1. The number of anilines is 3. The van der Waals surface area contributed by atoms with E-state index >= 15 is 0 Å². The number of pyridine rings is 1. The van der Waals surface area contributed by atoms with Gasteiger partial charge in [-0.1, -0.05) is 0 Å². The van der Waals surface area contributed by atoms with Crippen molar-refractivity contribution in [1.29, 1.82) is 5.41 Å². The molecule has 0 radical (unpaired) electrons. The summed E-state index contributed by atoms with van der Waals surface area (Å²) in [4.78, 5) is 6.98. The number of aromatic amines is 1. The van der Waals surface area contributed by atoms with Crippen LogP contribution in [0.1, 0.15) is 30.9 Å². The summed E-state index contributed by atoms with van der Waals surface area (Å²) in [7, 11) is 0. The summed E-state index contributed by atoms with van der Waals surface area (Å²) < 4.78 is 11.0. The fraction of sp³-hybridized carbons (Fsp3) is 0.526. The van der Waals surface area contributed by atoms with Crippen molar-refractivity contribution in [2.45, 2.75) is 31.4 Å². The fourth-order valence-electron chi connectivity index (χ4n) is 3.81. The summed E-state index contributed by atoms with van der Waals surface area (Å²) in [6.07, 6.45) is 3.87. The molecular weight excluding hydrogens is 360 g/mol. The first-order valence-electron chi connectivity index (χ1n) is 9.57. The third-order valence-electron chi connectivity index (χ3n) is 5.43. The maximum absolute atomic E-state index is 11.4. The zero-order valence-corrected chi connectivity index (χ0v) is 15.9. The summed E-state index contributed by atoms with van der Waals surface area (Å²) in [5, 5.41) is 29.4. The van der Waals surface area contributed by atoms with Crippen molar-refractivity contribution in [3.05, 3.63) is 29.5 Å². The predicted molar refractivity (Wildman–Crippen MR) is 106 cm³/mol. The molecule has 2 fully saturated rings. The first kappa shape index (κ1) is 18.9. The number of hydrogen-bond acceptors (Lipinski definition) is 8. The summed E-state index contributed by atoms with van der Waals surface area (Å²) in [6, 6.07) is 3.89. The maximum atomic E-state index is 11.4. The Balaban J connectivity index is 1.82. The Morgan fingerprint density at radius 2 is 2.18 bits per heavy atom. The molecule has 2 aromatic heterocycles. The van der Waals surface area contributed by atoms with Gasteiger partial charge >= 0.3 is 0 Å². The molecule has 0 bridgehead atoms. The molecule has 9 heteroatoms. The number of ether oxygens (including phenoxy) is 2. The molecule has 2 aliphatic heterocycles. The number of rotatable bonds is 5. The van der Waals surface area contributed by atoms with Gasteiger partial charge in [-0.2, -0.15) is 5.10 Å². The second-order valence-corrected chi connectivity index (χ2v) is 7.29. The zero-order valence-electron chi connectivity index (χ0n) is 15.9. The molecule has 4 N–H and O–H groups in total. The molecule has 0 saturated carbocycles. The highest BCUT2D eigenvalue weighted by atomic mass is 16.5. The van der Waals surface area contributed by atoms with Gasteiger partial charge in [0.25, 0.3) is 0 Å². The average Bonchev–Trinajstić information content (AvgIpc) is 3.21. The van der Waals surface area contributed by atoms with E-state index in [0.717, 1.165) is 12.4 Å². The predicted octanol–water partition coefficient (Wildman–Crippen LogP) is 1.77. The lowest BCUT2D eigenvalue weighted by atomic mass is 9.84. The molecule has 0 aromatic carbocycles. The van der Waals surface area contributed by atoms with Crippen LogP contribution in [0.25, 0.3) is 0 Å². The molecule has 2 aliphatic rings. The van der Waals surface area contributed by atoms with Crippen LogP contribution in [0.5, 0.6) is 0 Å². The minimum Gasteiger partial charge on any atom is -0.385 e. The Labute approximate surface area is 163 Å². The van der Waals surface area contributed by atoms with Crippen molar-refractivity contribution in [1.82, 2.24) is 15.2 Å². The molecule has 2 saturated heterocycles. The number of aromatic nitrogens is 3. The van der Waals surface area contributed by atoms with E-state index in [1.165, 1.54) is 6.21 Å². The lowest BCUT2D eigenvalue weighted by molar-refractivity contribution is -0.0679. The number of aliphatic hydroxyl groups is 1. The number of nitrogens with one attached hydrogen (secondary N) is 3. The van der Waals surface area contributed by atoms with Gasteiger partial charge in [0.15, 0.2) is 0 Å². The van der Waals surface area contributed by atoms with Gasteiger partial charge in [0, 0.05) is 50.4 Å². The van der Waals surface area contributed by atoms with Gasteiger partial charge in [-0.15, -0.1) is 0 Å². The number of hydrogen-bond donors (Lipinski definition) is 4. The summed E-state index contributed by atoms with van der Waals surface area (Å²) in [6.45, 7) is 5.06. The molecule has 0 unspecified atom stereocenters. The average molecular weight is 386 g/mol. The van der Waals surface area contributed by atoms with E-state index in [2.05, 4.69) is 27.3 Å². The minimum absolute atomic E-state index is 0.171. The van der Waals surface area contributed by atoms with E-state index in [0.29, 0.717) is 62.0 Å². The topological polar surface area (TPSA) is 119 Å². The van der Waals surface area contributed by atoms with Gasteiger partial charge in [-0.3, -0.25) is 5.10 Å². The molecule has 1 atom stereocenters. The molecule has 9 nitrogen and oxygen atoms in total. The first-order valence-corrected chi connectivity index (χ1v) is 9.57. The van der Waals surface area contributed by atoms with E-state index in [1.807, 2.05) is 6.07 Å². The quantitative estimate of drug-likeness (QED) is 0.578. The molecule has 4 heterocycles. The van der Waals surface area contributed by atoms with Crippen LogP contribution >= 0.6 is 0 Å². The summed E-state index contributed by atoms with van der Waals surface area (Å²) in [5.74, 6) is 1.95. The van der Waals surface area contributed by atoms with Crippen LogP contribution in [0.4, 0.5) is 17.5 Å². The highest BCUT2D eigenvalue weighted by Crippen LogP contribution is 2.38. The third-order valence-corrected chi connectivity index (χ3v) is 5.43. The van der Waals surface area contributed by atoms with Crippen LogP contribution in [0.2, 0.25) is 0 Å². The van der Waals surface area contributed by atoms with Crippen LogP contribution in [0, 0.1) is 5.41 Å². The smallest absolute Gasteiger partial charge is 0.143 e. The molecular formula is C19H26N6O3. The molecule has 150 valence electrons. The molecule has 0 aliphatic carbocycles. The largest absolute Gasteiger partial charge is 0.385 e. The second-order valence-electron chi connectivity index (χ2n) is 7.29. The molecule has 0 spiro atoms. The Morgan fingerprint density at radius 1 is 1.36 bits per heavy atom. The van der Waals surface area contributed by atoms with Crippen molar-refractivity contribution >= 4 is 23.7 Å². The Kier molecular flexibility index (Phi) is 5.29. The van der Waals surface area contributed by atoms with Gasteiger partial charge in [0.1, 0.15) is 17.5 Å². The van der Waals surface area contributed by atoms with Gasteiger partial charge in [-0.25, -0.2) is 4.98 Å². The Bertz CT molecular complexity index is 819. The molecule has 2 aromatic rings. The number of H-pyrrole nitrogens is 1. The van der Waals surface area contributed by atoms with Crippen LogP contribution in [-0.4, -0.2) is 65.5 Å². The van der Waals surface area contributed by atoms with Crippen LogP contribution < -0.4 is 10.2 Å². The van der Waals surface area contributed by atoms with Gasteiger partial charge in [-0.05, 0) is 18.6 Å². The number of morpholine rings is 1. The highest BCUT2D eigenvalue weighted by Gasteiger charge is 2.36. The first-order chi connectivity index (χ1) is 13.6. The van der Waals surface area contributed by atoms with Crippen molar-refractivity contribution in [3.8, 4) is 0 Å². The van der Waals surface area contributed by atoms with E-state index in [1.54, 1.807) is 12.3 Å². The van der Waals surface area contributed by atoms with E-state index in [9.17, 15) is 5.11 Å². The van der Waals surface area contributed by atoms with Gasteiger partial charge in [0.2, 0.25) is 0 Å². The Morgan fingerprint density at radius 3 is 2.86 bits per heavy atom. The second kappa shape index (κ2) is 7.86. The van der Waals surface area contributed by atoms with Crippen LogP contribution in [0.15, 0.2) is 18.3 Å². The summed E-state index contributed by atoms with van der Waals surface area (Å²) in [5.41, 5.74) is 0.225. The van der Waals surface area contributed by atoms with Crippen LogP contribution in [0.3, 0.4) is 0 Å². The van der Waals surface area contributed by atoms with Gasteiger partial charge in [0.05, 0.1) is 31.1 Å². The zero-order chi connectivity index (χ0) is 19.6.